The number of para-hydroxylation sites is 2. The molecule has 2 nitrogen and oxygen atoms in total. The number of nitrogens with zero attached hydrogens (tertiary/aromatic N) is 2. The Morgan fingerprint density at radius 1 is 0.163 bits per heavy atom. The minimum absolute atomic E-state index is 1.11. The van der Waals surface area contributed by atoms with Crippen LogP contribution in [0.2, 0.25) is 0 Å². The number of anilines is 6. The number of hydrogen-bond donors (Lipinski definition) is 0. The van der Waals surface area contributed by atoms with E-state index in [1.807, 2.05) is 0 Å². The fourth-order valence-corrected chi connectivity index (χ4v) is 12.4. The van der Waals surface area contributed by atoms with Gasteiger partial charge in [0.2, 0.25) is 0 Å². The van der Waals surface area contributed by atoms with E-state index in [9.17, 15) is 0 Å². The Morgan fingerprint density at radius 3 is 0.800 bits per heavy atom. The molecule has 0 amide bonds. The third kappa shape index (κ3) is 8.21. The van der Waals surface area contributed by atoms with E-state index in [0.717, 1.165) is 34.1 Å². The first kappa shape index (κ1) is 46.7. The molecule has 0 heterocycles. The SMILES string of the molecule is c1ccc(N(c2ccc(-c3ccc(-c4c5ccccc5c(-c5ccc(-c6ccc(N(c7ccccc7)c7ccc8ccccc8c7)cc6)cc5)c5c6ccccc6c6ccccc6c45)cc3)cc2)c2ccc3ccccc3c2)cc1. The van der Waals surface area contributed by atoms with Crippen molar-refractivity contribution in [2.75, 3.05) is 9.80 Å². The number of hydrogen-bond acceptors (Lipinski definition) is 2. The van der Waals surface area contributed by atoms with Crippen LogP contribution in [-0.4, -0.2) is 0 Å². The van der Waals surface area contributed by atoms with E-state index in [-0.39, 0.29) is 0 Å². The summed E-state index contributed by atoms with van der Waals surface area (Å²) in [5.74, 6) is 0. The van der Waals surface area contributed by atoms with Crippen molar-refractivity contribution in [2.45, 2.75) is 0 Å². The second-order valence-electron chi connectivity index (χ2n) is 20.8. The predicted octanol–water partition coefficient (Wildman–Crippen LogP) is 22.2. The van der Waals surface area contributed by atoms with E-state index in [4.69, 9.17) is 0 Å². The molecule has 0 atom stereocenters. The van der Waals surface area contributed by atoms with E-state index in [0.29, 0.717) is 0 Å². The van der Waals surface area contributed by atoms with Crippen LogP contribution in [0.15, 0.2) is 315 Å². The molecule has 15 rings (SSSR count). The van der Waals surface area contributed by atoms with Crippen molar-refractivity contribution < 1.29 is 0 Å². The number of fused-ring (bicyclic) bond motifs is 9. The first-order valence-electron chi connectivity index (χ1n) is 27.6. The van der Waals surface area contributed by atoms with Crippen molar-refractivity contribution in [1.29, 1.82) is 0 Å². The van der Waals surface area contributed by atoms with Crippen LogP contribution in [0.4, 0.5) is 34.1 Å². The molecule has 80 heavy (non-hydrogen) atoms. The highest BCUT2D eigenvalue weighted by Crippen LogP contribution is 2.50. The van der Waals surface area contributed by atoms with Gasteiger partial charge in [-0.1, -0.05) is 243 Å². The van der Waals surface area contributed by atoms with Gasteiger partial charge in [-0.3, -0.25) is 0 Å². The number of benzene rings is 15. The standard InChI is InChI=1S/C78H52N2/c1-3-21-63(22-4-1)79(67-49-43-53-17-7-9-19-61(53)51-67)65-45-39-57(40-46-65)55-31-35-59(36-32-55)75-73-29-15-16-30-74(73)76(78-72-28-14-12-26-70(72)69-25-11-13-27-71(69)77(75)78)60-37-33-56(34-38-60)58-41-47-66(48-42-58)80(64-23-5-2-6-24-64)68-50-44-54-18-8-10-20-62(54)52-68/h1-52H. The summed E-state index contributed by atoms with van der Waals surface area (Å²) in [6.45, 7) is 0. The molecule has 0 radical (unpaired) electrons. The fraction of sp³-hybridized carbons (Fsp3) is 0. The van der Waals surface area contributed by atoms with Crippen molar-refractivity contribution in [3.05, 3.63) is 315 Å². The maximum atomic E-state index is 2.34. The van der Waals surface area contributed by atoms with Gasteiger partial charge in [0.25, 0.3) is 0 Å². The largest absolute Gasteiger partial charge is 0.310 e. The molecule has 0 aliphatic carbocycles. The lowest BCUT2D eigenvalue weighted by Gasteiger charge is -2.26. The first-order valence-corrected chi connectivity index (χ1v) is 27.6. The van der Waals surface area contributed by atoms with Crippen molar-refractivity contribution in [3.8, 4) is 44.5 Å². The fourth-order valence-electron chi connectivity index (χ4n) is 12.4. The molecule has 0 unspecified atom stereocenters. The Kier molecular flexibility index (Phi) is 11.6. The molecule has 0 saturated carbocycles. The van der Waals surface area contributed by atoms with Gasteiger partial charge in [0.15, 0.2) is 0 Å². The summed E-state index contributed by atoms with van der Waals surface area (Å²) in [4.78, 5) is 4.68. The lowest BCUT2D eigenvalue weighted by Crippen LogP contribution is -2.09. The molecule has 0 aromatic heterocycles. The molecule has 15 aromatic carbocycles. The molecule has 0 fully saturated rings. The van der Waals surface area contributed by atoms with Gasteiger partial charge in [0, 0.05) is 34.1 Å². The third-order valence-electron chi connectivity index (χ3n) is 16.2. The Balaban J connectivity index is 0.817. The van der Waals surface area contributed by atoms with Gasteiger partial charge >= 0.3 is 0 Å². The Bertz CT molecular complexity index is 4470. The van der Waals surface area contributed by atoms with Crippen LogP contribution in [0.5, 0.6) is 0 Å². The average molecular weight is 1020 g/mol. The highest BCUT2D eigenvalue weighted by molar-refractivity contribution is 6.36. The van der Waals surface area contributed by atoms with Crippen LogP contribution in [-0.2, 0) is 0 Å². The summed E-state index contributed by atoms with van der Waals surface area (Å²) in [5, 5.41) is 14.9. The maximum absolute atomic E-state index is 2.34. The molecule has 0 saturated heterocycles. The van der Waals surface area contributed by atoms with Crippen molar-refractivity contribution >= 4 is 98.8 Å². The van der Waals surface area contributed by atoms with Gasteiger partial charge in [-0.05, 0) is 182 Å². The maximum Gasteiger partial charge on any atom is 0.0468 e. The van der Waals surface area contributed by atoms with Crippen molar-refractivity contribution in [3.63, 3.8) is 0 Å². The Hall–Kier alpha value is -10.5. The smallest absolute Gasteiger partial charge is 0.0468 e. The zero-order valence-corrected chi connectivity index (χ0v) is 43.9. The van der Waals surface area contributed by atoms with Gasteiger partial charge in [-0.25, -0.2) is 0 Å². The van der Waals surface area contributed by atoms with Gasteiger partial charge in [-0.15, -0.1) is 0 Å². The van der Waals surface area contributed by atoms with Gasteiger partial charge < -0.3 is 9.80 Å². The lowest BCUT2D eigenvalue weighted by atomic mass is 9.81. The van der Waals surface area contributed by atoms with Crippen LogP contribution in [0.3, 0.4) is 0 Å². The second kappa shape index (κ2) is 19.8. The summed E-state index contributed by atoms with van der Waals surface area (Å²) < 4.78 is 0. The highest BCUT2D eigenvalue weighted by Gasteiger charge is 2.23. The molecule has 0 spiro atoms. The second-order valence-corrected chi connectivity index (χ2v) is 20.8. The molecule has 2 heteroatoms. The molecule has 0 N–H and O–H groups in total. The van der Waals surface area contributed by atoms with E-state index in [1.54, 1.807) is 0 Å². The molecule has 374 valence electrons. The first-order chi connectivity index (χ1) is 39.7. The Morgan fingerprint density at radius 2 is 0.425 bits per heavy atom. The zero-order chi connectivity index (χ0) is 52.9. The quantitative estimate of drug-likeness (QED) is 0.0995. The lowest BCUT2D eigenvalue weighted by molar-refractivity contribution is 1.29. The van der Waals surface area contributed by atoms with Crippen molar-refractivity contribution in [2.24, 2.45) is 0 Å². The van der Waals surface area contributed by atoms with E-state index >= 15 is 0 Å². The summed E-state index contributed by atoms with van der Waals surface area (Å²) >= 11 is 0. The third-order valence-corrected chi connectivity index (χ3v) is 16.2. The predicted molar refractivity (Wildman–Crippen MR) is 343 cm³/mol. The van der Waals surface area contributed by atoms with Gasteiger partial charge in [0.1, 0.15) is 0 Å². The van der Waals surface area contributed by atoms with E-state index in [1.165, 1.54) is 109 Å². The molecule has 0 aliphatic heterocycles. The average Bonchev–Trinajstić information content (AvgIpc) is 3.71. The van der Waals surface area contributed by atoms with Crippen LogP contribution < -0.4 is 9.80 Å². The van der Waals surface area contributed by atoms with E-state index < -0.39 is 0 Å². The summed E-state index contributed by atoms with van der Waals surface area (Å²) in [5.41, 5.74) is 16.3. The van der Waals surface area contributed by atoms with Crippen LogP contribution in [0, 0.1) is 0 Å². The zero-order valence-electron chi connectivity index (χ0n) is 43.9. The molecule has 0 bridgehead atoms. The molecule has 0 aliphatic rings. The summed E-state index contributed by atoms with van der Waals surface area (Å²) in [6, 6.07) is 115. The Labute approximate surface area is 465 Å². The summed E-state index contributed by atoms with van der Waals surface area (Å²) in [6.07, 6.45) is 0. The van der Waals surface area contributed by atoms with Crippen LogP contribution in [0.1, 0.15) is 0 Å². The minimum Gasteiger partial charge on any atom is -0.310 e. The molecular formula is C78H52N2. The van der Waals surface area contributed by atoms with Crippen LogP contribution >= 0.6 is 0 Å². The topological polar surface area (TPSA) is 6.48 Å². The van der Waals surface area contributed by atoms with Gasteiger partial charge in [0.05, 0.1) is 0 Å². The summed E-state index contributed by atoms with van der Waals surface area (Å²) in [7, 11) is 0. The van der Waals surface area contributed by atoms with Crippen molar-refractivity contribution in [1.82, 2.24) is 0 Å². The monoisotopic (exact) mass is 1020 g/mol. The van der Waals surface area contributed by atoms with Gasteiger partial charge in [-0.2, -0.15) is 0 Å². The van der Waals surface area contributed by atoms with E-state index in [2.05, 4.69) is 325 Å². The minimum atomic E-state index is 1.11. The normalized spacial score (nSPS) is 11.5. The number of rotatable bonds is 10. The molecular weight excluding hydrogens is 965 g/mol. The van der Waals surface area contributed by atoms with Crippen LogP contribution in [0.25, 0.3) is 109 Å². The molecule has 15 aromatic rings. The highest BCUT2D eigenvalue weighted by atomic mass is 15.1.